The van der Waals surface area contributed by atoms with E-state index in [1.54, 1.807) is 7.11 Å². The number of nitrogens with zero attached hydrogens (tertiary/aromatic N) is 1. The summed E-state index contributed by atoms with van der Waals surface area (Å²) in [6.45, 7) is 3.23. The first kappa shape index (κ1) is 23.5. The van der Waals surface area contributed by atoms with Gasteiger partial charge in [-0.15, -0.1) is 12.4 Å². The van der Waals surface area contributed by atoms with Crippen molar-refractivity contribution < 1.29 is 14.3 Å². The lowest BCUT2D eigenvalue weighted by Crippen LogP contribution is -2.51. The van der Waals surface area contributed by atoms with Crippen LogP contribution in [0.1, 0.15) is 57.1 Å². The van der Waals surface area contributed by atoms with Crippen LogP contribution in [0.5, 0.6) is 5.75 Å². The second-order valence-electron chi connectivity index (χ2n) is 7.96. The molecule has 29 heavy (non-hydrogen) atoms. The van der Waals surface area contributed by atoms with Gasteiger partial charge >= 0.3 is 0 Å². The molecule has 0 bridgehead atoms. The van der Waals surface area contributed by atoms with Crippen molar-refractivity contribution in [3.63, 3.8) is 0 Å². The number of methoxy groups -OCH3 is 1. The van der Waals surface area contributed by atoms with Crippen molar-refractivity contribution in [2.24, 2.45) is 17.6 Å². The molecule has 3 rings (SSSR count). The maximum atomic E-state index is 13.3. The summed E-state index contributed by atoms with van der Waals surface area (Å²) in [7, 11) is 1.63. The maximum absolute atomic E-state index is 13.3. The highest BCUT2D eigenvalue weighted by Crippen LogP contribution is 2.41. The summed E-state index contributed by atoms with van der Waals surface area (Å²) >= 11 is 0. The highest BCUT2D eigenvalue weighted by atomic mass is 35.5. The molecular weight excluding hydrogens is 390 g/mol. The Kier molecular flexibility index (Phi) is 8.78. The topological polar surface area (TPSA) is 84.7 Å². The van der Waals surface area contributed by atoms with Gasteiger partial charge in [-0.05, 0) is 37.7 Å². The maximum Gasteiger partial charge on any atom is 0.225 e. The number of nitrogens with two attached hydrogens (primary N) is 1. The molecule has 3 N–H and O–H groups in total. The number of nitrogens with one attached hydrogen (secondary N) is 1. The Morgan fingerprint density at radius 1 is 1.31 bits per heavy atom. The minimum Gasteiger partial charge on any atom is -0.496 e. The zero-order valence-corrected chi connectivity index (χ0v) is 18.2. The van der Waals surface area contributed by atoms with Crippen molar-refractivity contribution >= 4 is 24.2 Å². The normalized spacial score (nSPS) is 22.6. The molecule has 0 radical (unpaired) electrons. The molecule has 1 aliphatic carbocycles. The number of carbonyl (C=O) groups excluding carboxylic acids is 2. The lowest BCUT2D eigenvalue weighted by Gasteiger charge is -2.41. The molecular formula is C22H34ClN3O3. The first-order valence-corrected chi connectivity index (χ1v) is 10.5. The molecule has 1 saturated heterocycles. The third-order valence-corrected chi connectivity index (χ3v) is 6.03. The van der Waals surface area contributed by atoms with Crippen LogP contribution in [0, 0.1) is 11.8 Å². The predicted octanol–water partition coefficient (Wildman–Crippen LogP) is 3.05. The van der Waals surface area contributed by atoms with E-state index in [0.29, 0.717) is 31.8 Å². The number of rotatable bonds is 9. The van der Waals surface area contributed by atoms with Gasteiger partial charge in [-0.1, -0.05) is 31.5 Å². The smallest absolute Gasteiger partial charge is 0.225 e. The average Bonchev–Trinajstić information content (AvgIpc) is 3.55. The number of likely N-dealkylation sites (tertiary alicyclic amines) is 1. The number of piperidine rings is 1. The largest absolute Gasteiger partial charge is 0.496 e. The molecule has 1 aromatic carbocycles. The molecule has 3 unspecified atom stereocenters. The van der Waals surface area contributed by atoms with Crippen molar-refractivity contribution in [2.75, 3.05) is 20.2 Å². The number of para-hydroxylation sites is 1. The second-order valence-corrected chi connectivity index (χ2v) is 7.96. The van der Waals surface area contributed by atoms with E-state index in [1.807, 2.05) is 29.2 Å². The number of amides is 2. The van der Waals surface area contributed by atoms with Gasteiger partial charge in [0.1, 0.15) is 5.75 Å². The molecule has 0 spiro atoms. The van der Waals surface area contributed by atoms with Gasteiger partial charge in [0.25, 0.3) is 0 Å². The van der Waals surface area contributed by atoms with Gasteiger partial charge in [0.15, 0.2) is 0 Å². The van der Waals surface area contributed by atoms with Crippen LogP contribution in [0.2, 0.25) is 0 Å². The number of carbonyl (C=O) groups is 2. The van der Waals surface area contributed by atoms with Crippen LogP contribution in [-0.4, -0.2) is 43.0 Å². The number of ether oxygens (including phenoxy) is 1. The third kappa shape index (κ3) is 5.43. The molecule has 1 heterocycles. The van der Waals surface area contributed by atoms with E-state index in [1.165, 1.54) is 0 Å². The van der Waals surface area contributed by atoms with E-state index < -0.39 is 0 Å². The van der Waals surface area contributed by atoms with Gasteiger partial charge < -0.3 is 20.7 Å². The summed E-state index contributed by atoms with van der Waals surface area (Å²) in [5.74, 6) is 1.05. The van der Waals surface area contributed by atoms with E-state index in [2.05, 4.69) is 12.2 Å². The Morgan fingerprint density at radius 3 is 2.66 bits per heavy atom. The summed E-state index contributed by atoms with van der Waals surface area (Å²) in [5.41, 5.74) is 6.81. The molecule has 1 aliphatic heterocycles. The molecule has 7 heteroatoms. The zero-order valence-electron chi connectivity index (χ0n) is 17.4. The van der Waals surface area contributed by atoms with Crippen LogP contribution < -0.4 is 15.8 Å². The lowest BCUT2D eigenvalue weighted by molar-refractivity contribution is -0.143. The molecule has 3 atom stereocenters. The van der Waals surface area contributed by atoms with Crippen LogP contribution >= 0.6 is 12.4 Å². The molecule has 1 aromatic rings. The van der Waals surface area contributed by atoms with E-state index >= 15 is 0 Å². The molecule has 2 amide bonds. The van der Waals surface area contributed by atoms with E-state index in [9.17, 15) is 9.59 Å². The highest BCUT2D eigenvalue weighted by Gasteiger charge is 2.42. The van der Waals surface area contributed by atoms with Crippen molar-refractivity contribution in [1.29, 1.82) is 0 Å². The molecule has 2 aliphatic rings. The van der Waals surface area contributed by atoms with Gasteiger partial charge in [-0.2, -0.15) is 0 Å². The summed E-state index contributed by atoms with van der Waals surface area (Å²) in [5, 5.41) is 3.18. The fourth-order valence-electron chi connectivity index (χ4n) is 4.27. The number of hydrogen-bond donors (Lipinski definition) is 2. The second kappa shape index (κ2) is 10.8. The van der Waals surface area contributed by atoms with Crippen LogP contribution in [0.25, 0.3) is 0 Å². The quantitative estimate of drug-likeness (QED) is 0.639. The Morgan fingerprint density at radius 2 is 2.03 bits per heavy atom. The third-order valence-electron chi connectivity index (χ3n) is 6.03. The molecule has 1 saturated carbocycles. The summed E-state index contributed by atoms with van der Waals surface area (Å²) in [4.78, 5) is 27.9. The van der Waals surface area contributed by atoms with Crippen molar-refractivity contribution in [3.05, 3.63) is 29.8 Å². The lowest BCUT2D eigenvalue weighted by atomic mass is 9.82. The number of benzene rings is 1. The summed E-state index contributed by atoms with van der Waals surface area (Å²) in [6, 6.07) is 7.46. The Hall–Kier alpha value is -1.79. The monoisotopic (exact) mass is 423 g/mol. The highest BCUT2D eigenvalue weighted by molar-refractivity contribution is 5.86. The van der Waals surface area contributed by atoms with E-state index in [0.717, 1.165) is 37.0 Å². The van der Waals surface area contributed by atoms with E-state index in [-0.39, 0.29) is 42.2 Å². The minimum atomic E-state index is -0.304. The molecule has 162 valence electrons. The fourth-order valence-corrected chi connectivity index (χ4v) is 4.27. The van der Waals surface area contributed by atoms with Crippen molar-refractivity contribution in [3.8, 4) is 5.75 Å². The van der Waals surface area contributed by atoms with Crippen LogP contribution in [-0.2, 0) is 9.59 Å². The van der Waals surface area contributed by atoms with Gasteiger partial charge in [-0.25, -0.2) is 0 Å². The van der Waals surface area contributed by atoms with Crippen molar-refractivity contribution in [1.82, 2.24) is 10.2 Å². The first-order chi connectivity index (χ1) is 13.6. The van der Waals surface area contributed by atoms with Crippen LogP contribution in [0.3, 0.4) is 0 Å². The van der Waals surface area contributed by atoms with E-state index in [4.69, 9.17) is 10.5 Å². The molecule has 0 aromatic heterocycles. The fraction of sp³-hybridized carbons (Fsp3) is 0.636. The molecule has 2 fully saturated rings. The summed E-state index contributed by atoms with van der Waals surface area (Å²) < 4.78 is 5.58. The van der Waals surface area contributed by atoms with Gasteiger partial charge in [0.05, 0.1) is 19.1 Å². The predicted molar refractivity (Wildman–Crippen MR) is 116 cm³/mol. The minimum absolute atomic E-state index is 0. The Labute approximate surface area is 179 Å². The zero-order chi connectivity index (χ0) is 20.1. The Bertz CT molecular complexity index is 696. The number of hydrogen-bond acceptors (Lipinski definition) is 4. The SMILES string of the molecule is CCCCN1C(=O)CCC(C(=O)NC(CN)C2CC2)C1c1ccccc1OC.Cl. The average molecular weight is 424 g/mol. The standard InChI is InChI=1S/C22H33N3O3.ClH/c1-3-4-13-25-20(26)12-11-17(22(27)24-18(14-23)15-9-10-15)21(25)16-7-5-6-8-19(16)28-2;/h5-8,15,17-18,21H,3-4,9-14,23H2,1-2H3,(H,24,27);1H. The van der Waals surface area contributed by atoms with Gasteiger partial charge in [-0.3, -0.25) is 9.59 Å². The summed E-state index contributed by atoms with van der Waals surface area (Å²) in [6.07, 6.45) is 5.13. The number of unbranched alkanes of at least 4 members (excludes halogenated alkanes) is 1. The Balaban J connectivity index is 0.00000300. The first-order valence-electron chi connectivity index (χ1n) is 10.5. The van der Waals surface area contributed by atoms with Crippen molar-refractivity contribution in [2.45, 2.75) is 57.5 Å². The van der Waals surface area contributed by atoms with Crippen LogP contribution in [0.15, 0.2) is 24.3 Å². The number of halogens is 1. The molecule has 6 nitrogen and oxygen atoms in total. The van der Waals surface area contributed by atoms with Gasteiger partial charge in [0.2, 0.25) is 11.8 Å². The van der Waals surface area contributed by atoms with Crippen LogP contribution in [0.4, 0.5) is 0 Å². The van der Waals surface area contributed by atoms with Gasteiger partial charge in [0, 0.05) is 31.1 Å².